The van der Waals surface area contributed by atoms with Gasteiger partial charge in [-0.3, -0.25) is 10.00 Å². The predicted molar refractivity (Wildman–Crippen MR) is 79.8 cm³/mol. The summed E-state index contributed by atoms with van der Waals surface area (Å²) in [5, 5.41) is 7.73. The monoisotopic (exact) mass is 271 g/mol. The molecule has 4 nitrogen and oxygen atoms in total. The zero-order valence-corrected chi connectivity index (χ0v) is 12.1. The summed E-state index contributed by atoms with van der Waals surface area (Å²) < 4.78 is 5.21. The van der Waals surface area contributed by atoms with Crippen LogP contribution in [0.15, 0.2) is 24.3 Å². The van der Waals surface area contributed by atoms with Gasteiger partial charge in [0.05, 0.1) is 12.8 Å². The first-order valence-electron chi connectivity index (χ1n) is 7.24. The van der Waals surface area contributed by atoms with Gasteiger partial charge in [-0.05, 0) is 37.2 Å². The Kier molecular flexibility index (Phi) is 3.74. The van der Waals surface area contributed by atoms with Crippen molar-refractivity contribution in [3.63, 3.8) is 0 Å². The van der Waals surface area contributed by atoms with Crippen LogP contribution in [0.5, 0.6) is 5.75 Å². The van der Waals surface area contributed by atoms with Crippen molar-refractivity contribution >= 4 is 0 Å². The van der Waals surface area contributed by atoms with E-state index in [1.54, 1.807) is 7.11 Å². The largest absolute Gasteiger partial charge is 0.497 e. The highest BCUT2D eigenvalue weighted by Gasteiger charge is 2.22. The molecular weight excluding hydrogens is 250 g/mol. The van der Waals surface area contributed by atoms with E-state index in [-0.39, 0.29) is 0 Å². The zero-order valence-electron chi connectivity index (χ0n) is 12.1. The molecule has 106 valence electrons. The molecule has 0 bridgehead atoms. The molecule has 1 aromatic carbocycles. The second-order valence-electron chi connectivity index (χ2n) is 5.28. The third kappa shape index (κ3) is 2.43. The molecule has 2 heterocycles. The van der Waals surface area contributed by atoms with Gasteiger partial charge in [0.15, 0.2) is 0 Å². The number of H-pyrrole nitrogens is 1. The van der Waals surface area contributed by atoms with Crippen LogP contribution in [0.1, 0.15) is 24.6 Å². The summed E-state index contributed by atoms with van der Waals surface area (Å²) in [6.45, 7) is 5.52. The van der Waals surface area contributed by atoms with Crippen LogP contribution < -0.4 is 4.74 Å². The van der Waals surface area contributed by atoms with Gasteiger partial charge in [0.2, 0.25) is 0 Å². The molecule has 0 aliphatic carbocycles. The van der Waals surface area contributed by atoms with E-state index in [1.165, 1.54) is 17.7 Å². The number of rotatable bonds is 4. The quantitative estimate of drug-likeness (QED) is 0.929. The third-order valence-electron chi connectivity index (χ3n) is 3.92. The lowest BCUT2D eigenvalue weighted by molar-refractivity contribution is 0.254. The van der Waals surface area contributed by atoms with Crippen LogP contribution >= 0.6 is 0 Å². The van der Waals surface area contributed by atoms with Gasteiger partial charge < -0.3 is 4.74 Å². The van der Waals surface area contributed by atoms with Gasteiger partial charge in [0.25, 0.3) is 0 Å². The Labute approximate surface area is 119 Å². The number of aromatic amines is 1. The van der Waals surface area contributed by atoms with Gasteiger partial charge in [-0.25, -0.2) is 0 Å². The number of nitrogens with one attached hydrogen (secondary N) is 1. The number of benzene rings is 1. The Balaban J connectivity index is 1.89. The molecule has 2 aromatic rings. The van der Waals surface area contributed by atoms with Gasteiger partial charge in [0.1, 0.15) is 5.75 Å². The topological polar surface area (TPSA) is 41.2 Å². The molecule has 1 aliphatic heterocycles. The average molecular weight is 271 g/mol. The third-order valence-corrected chi connectivity index (χ3v) is 3.92. The summed E-state index contributed by atoms with van der Waals surface area (Å²) in [4.78, 5) is 2.50. The van der Waals surface area contributed by atoms with E-state index >= 15 is 0 Å². The molecule has 0 unspecified atom stereocenters. The maximum Gasteiger partial charge on any atom is 0.118 e. The van der Waals surface area contributed by atoms with E-state index in [0.717, 1.165) is 43.1 Å². The molecule has 0 saturated carbocycles. The van der Waals surface area contributed by atoms with Crippen molar-refractivity contribution in [3.8, 4) is 17.0 Å². The van der Waals surface area contributed by atoms with E-state index in [9.17, 15) is 0 Å². The van der Waals surface area contributed by atoms with Crippen molar-refractivity contribution < 1.29 is 4.74 Å². The molecule has 20 heavy (non-hydrogen) atoms. The van der Waals surface area contributed by atoms with Gasteiger partial charge in [0, 0.05) is 36.3 Å². The summed E-state index contributed by atoms with van der Waals surface area (Å²) in [6.07, 6.45) is 2.27. The summed E-state index contributed by atoms with van der Waals surface area (Å²) in [5.41, 5.74) is 4.89. The summed E-state index contributed by atoms with van der Waals surface area (Å²) >= 11 is 0. The minimum Gasteiger partial charge on any atom is -0.497 e. The predicted octanol–water partition coefficient (Wildman–Crippen LogP) is 2.85. The Bertz CT molecular complexity index is 574. The van der Waals surface area contributed by atoms with Crippen molar-refractivity contribution in [1.82, 2.24) is 15.1 Å². The van der Waals surface area contributed by atoms with E-state index < -0.39 is 0 Å². The standard InChI is InChI=1S/C16H21N3O/c1-3-9-19-10-8-15-14(11-19)16(18-17-15)12-4-6-13(20-2)7-5-12/h4-7H,3,8-11H2,1-2H3,(H,17,18). The smallest absolute Gasteiger partial charge is 0.118 e. The first-order chi connectivity index (χ1) is 9.81. The van der Waals surface area contributed by atoms with Crippen LogP contribution in [0.25, 0.3) is 11.3 Å². The van der Waals surface area contributed by atoms with Crippen LogP contribution in [-0.2, 0) is 13.0 Å². The van der Waals surface area contributed by atoms with E-state index in [0.29, 0.717) is 0 Å². The van der Waals surface area contributed by atoms with Crippen molar-refractivity contribution in [3.05, 3.63) is 35.5 Å². The van der Waals surface area contributed by atoms with E-state index in [1.807, 2.05) is 12.1 Å². The molecule has 1 aliphatic rings. The highest BCUT2D eigenvalue weighted by atomic mass is 16.5. The normalized spacial score (nSPS) is 15.1. The van der Waals surface area contributed by atoms with Crippen LogP contribution in [0.4, 0.5) is 0 Å². The molecule has 3 rings (SSSR count). The van der Waals surface area contributed by atoms with E-state index in [2.05, 4.69) is 34.2 Å². The minimum atomic E-state index is 0.880. The fourth-order valence-electron chi connectivity index (χ4n) is 2.85. The summed E-state index contributed by atoms with van der Waals surface area (Å²) in [5.74, 6) is 0.880. The summed E-state index contributed by atoms with van der Waals surface area (Å²) in [6, 6.07) is 8.13. The zero-order chi connectivity index (χ0) is 13.9. The van der Waals surface area contributed by atoms with Crippen molar-refractivity contribution in [2.24, 2.45) is 0 Å². The number of nitrogens with zero attached hydrogens (tertiary/aromatic N) is 2. The van der Waals surface area contributed by atoms with Gasteiger partial charge in [-0.2, -0.15) is 5.10 Å². The highest BCUT2D eigenvalue weighted by Crippen LogP contribution is 2.29. The van der Waals surface area contributed by atoms with Gasteiger partial charge in [-0.15, -0.1) is 0 Å². The number of aromatic nitrogens is 2. The van der Waals surface area contributed by atoms with Crippen LogP contribution in [0.3, 0.4) is 0 Å². The number of hydrogen-bond acceptors (Lipinski definition) is 3. The molecule has 0 spiro atoms. The first kappa shape index (κ1) is 13.2. The Morgan fingerprint density at radius 1 is 1.30 bits per heavy atom. The molecule has 1 N–H and O–H groups in total. The van der Waals surface area contributed by atoms with E-state index in [4.69, 9.17) is 4.74 Å². The van der Waals surface area contributed by atoms with Gasteiger partial charge >= 0.3 is 0 Å². The maximum absolute atomic E-state index is 5.21. The maximum atomic E-state index is 5.21. The molecule has 0 radical (unpaired) electrons. The average Bonchev–Trinajstić information content (AvgIpc) is 2.91. The molecule has 1 aromatic heterocycles. The van der Waals surface area contributed by atoms with Crippen LogP contribution in [0.2, 0.25) is 0 Å². The SMILES string of the molecule is CCCN1CCc2[nH]nc(-c3ccc(OC)cc3)c2C1. The Morgan fingerprint density at radius 3 is 2.80 bits per heavy atom. The molecule has 0 fully saturated rings. The first-order valence-corrected chi connectivity index (χ1v) is 7.24. The Morgan fingerprint density at radius 2 is 2.10 bits per heavy atom. The highest BCUT2D eigenvalue weighted by molar-refractivity contribution is 5.65. The molecular formula is C16H21N3O. The number of fused-ring (bicyclic) bond motifs is 1. The fourth-order valence-corrected chi connectivity index (χ4v) is 2.85. The number of hydrogen-bond donors (Lipinski definition) is 1. The van der Waals surface area contributed by atoms with Crippen molar-refractivity contribution in [2.45, 2.75) is 26.3 Å². The fraction of sp³-hybridized carbons (Fsp3) is 0.438. The molecule has 0 amide bonds. The second kappa shape index (κ2) is 5.67. The lowest BCUT2D eigenvalue weighted by atomic mass is 10.0. The second-order valence-corrected chi connectivity index (χ2v) is 5.28. The van der Waals surface area contributed by atoms with Crippen LogP contribution in [-0.4, -0.2) is 35.3 Å². The summed E-state index contributed by atoms with van der Waals surface area (Å²) in [7, 11) is 1.69. The lowest BCUT2D eigenvalue weighted by Gasteiger charge is -2.26. The lowest BCUT2D eigenvalue weighted by Crippen LogP contribution is -2.31. The van der Waals surface area contributed by atoms with Crippen LogP contribution in [0, 0.1) is 0 Å². The minimum absolute atomic E-state index is 0.880. The van der Waals surface area contributed by atoms with Gasteiger partial charge in [-0.1, -0.05) is 6.92 Å². The molecule has 0 saturated heterocycles. The molecule has 4 heteroatoms. The Hall–Kier alpha value is -1.81. The van der Waals surface area contributed by atoms with Crippen molar-refractivity contribution in [2.75, 3.05) is 20.2 Å². The number of methoxy groups -OCH3 is 1. The number of ether oxygens (including phenoxy) is 1. The molecule has 0 atom stereocenters. The van der Waals surface area contributed by atoms with Crippen molar-refractivity contribution in [1.29, 1.82) is 0 Å².